The minimum absolute atomic E-state index is 0.191. The van der Waals surface area contributed by atoms with E-state index in [-0.39, 0.29) is 11.6 Å². The Morgan fingerprint density at radius 1 is 1.12 bits per heavy atom. The van der Waals surface area contributed by atoms with Gasteiger partial charge in [-0.3, -0.25) is 4.79 Å². The van der Waals surface area contributed by atoms with Gasteiger partial charge in [0.25, 0.3) is 5.56 Å². The third-order valence-corrected chi connectivity index (χ3v) is 5.28. The van der Waals surface area contributed by atoms with Crippen LogP contribution in [0.5, 0.6) is 0 Å². The number of likely N-dealkylation sites (N-methyl/N-ethyl adjacent to an activating group) is 1. The van der Waals surface area contributed by atoms with Crippen molar-refractivity contribution in [2.24, 2.45) is 0 Å². The van der Waals surface area contributed by atoms with Gasteiger partial charge in [0.1, 0.15) is 17.5 Å². The predicted octanol–water partition coefficient (Wildman–Crippen LogP) is 3.72. The van der Waals surface area contributed by atoms with Gasteiger partial charge in [-0.15, -0.1) is 0 Å². The Bertz CT molecular complexity index is 1090. The molecule has 0 aliphatic carbocycles. The van der Waals surface area contributed by atoms with Crippen LogP contribution in [-0.4, -0.2) is 55.0 Å². The first-order valence-corrected chi connectivity index (χ1v) is 10.4. The van der Waals surface area contributed by atoms with E-state index in [1.165, 1.54) is 30.3 Å². The summed E-state index contributed by atoms with van der Waals surface area (Å²) in [6, 6.07) is 7.47. The highest BCUT2D eigenvalue weighted by atomic mass is 19.1. The van der Waals surface area contributed by atoms with Crippen LogP contribution in [0.2, 0.25) is 0 Å². The number of aromatic amines is 1. The van der Waals surface area contributed by atoms with E-state index in [2.05, 4.69) is 27.5 Å². The van der Waals surface area contributed by atoms with E-state index < -0.39 is 17.5 Å². The predicted molar refractivity (Wildman–Crippen MR) is 118 cm³/mol. The van der Waals surface area contributed by atoms with E-state index in [0.717, 1.165) is 56.1 Å². The molecule has 32 heavy (non-hydrogen) atoms. The first-order chi connectivity index (χ1) is 15.4. The highest BCUT2D eigenvalue weighted by Gasteiger charge is 2.23. The number of halogens is 3. The summed E-state index contributed by atoms with van der Waals surface area (Å²) in [5.74, 6) is -1.48. The molecule has 1 aromatic heterocycles. The molecule has 4 rings (SSSR count). The highest BCUT2D eigenvalue weighted by molar-refractivity contribution is 5.96. The number of rotatable bonds is 7. The summed E-state index contributed by atoms with van der Waals surface area (Å²) in [7, 11) is 3.78. The lowest BCUT2D eigenvalue weighted by atomic mass is 9.96. The molecule has 6 nitrogen and oxygen atoms in total. The van der Waals surface area contributed by atoms with Crippen LogP contribution in [0.4, 0.5) is 18.9 Å². The number of aromatic nitrogens is 2. The molecule has 0 spiro atoms. The average Bonchev–Trinajstić information content (AvgIpc) is 2.74. The van der Waals surface area contributed by atoms with Gasteiger partial charge in [-0.05, 0) is 50.7 Å². The monoisotopic (exact) mass is 448 g/mol. The standard InChI is InChI=1S/C17H23FN4O2.C6H4F2/c1-22(6-7-24-2)5-3-4-12-10-15-16-13(17(23)21-20-15)8-11(18)9-14(16)19-12;7-5-2-1-3-6(8)4-5/h8-9,12,19H,3-7,10H2,1-2H3,(H,21,23);1-4H. The molecule has 0 saturated carbocycles. The molecule has 0 bridgehead atoms. The second-order valence-corrected chi connectivity index (χ2v) is 7.80. The summed E-state index contributed by atoms with van der Waals surface area (Å²) in [6.07, 6.45) is 2.71. The van der Waals surface area contributed by atoms with Crippen molar-refractivity contribution >= 4 is 16.5 Å². The summed E-state index contributed by atoms with van der Waals surface area (Å²) < 4.78 is 42.7. The number of anilines is 1. The Hall–Kier alpha value is -2.91. The SMILES string of the molecule is COCCN(C)CCCC1Cc2n[nH]c(=O)c3cc(F)cc(c23)N1.Fc1cccc(F)c1. The van der Waals surface area contributed by atoms with Gasteiger partial charge in [0.05, 0.1) is 17.7 Å². The lowest BCUT2D eigenvalue weighted by Gasteiger charge is -2.27. The van der Waals surface area contributed by atoms with Crippen LogP contribution in [0.3, 0.4) is 0 Å². The van der Waals surface area contributed by atoms with Crippen LogP contribution >= 0.6 is 0 Å². The lowest BCUT2D eigenvalue weighted by Crippen LogP contribution is -2.30. The van der Waals surface area contributed by atoms with Gasteiger partial charge >= 0.3 is 0 Å². The van der Waals surface area contributed by atoms with Crippen molar-refractivity contribution in [3.8, 4) is 0 Å². The smallest absolute Gasteiger partial charge is 0.272 e. The van der Waals surface area contributed by atoms with Crippen molar-refractivity contribution in [3.63, 3.8) is 0 Å². The van der Waals surface area contributed by atoms with Gasteiger partial charge in [0, 0.05) is 43.3 Å². The largest absolute Gasteiger partial charge is 0.383 e. The quantitative estimate of drug-likeness (QED) is 0.577. The van der Waals surface area contributed by atoms with Crippen molar-refractivity contribution in [3.05, 3.63) is 69.9 Å². The maximum atomic E-state index is 13.8. The number of hydrogen-bond acceptors (Lipinski definition) is 5. The third kappa shape index (κ3) is 6.30. The van der Waals surface area contributed by atoms with E-state index in [1.54, 1.807) is 7.11 Å². The average molecular weight is 448 g/mol. The van der Waals surface area contributed by atoms with Gasteiger partial charge in [-0.25, -0.2) is 18.3 Å². The van der Waals surface area contributed by atoms with Crippen LogP contribution in [0.1, 0.15) is 18.5 Å². The number of benzene rings is 2. The number of methoxy groups -OCH3 is 1. The first-order valence-electron chi connectivity index (χ1n) is 10.4. The summed E-state index contributed by atoms with van der Waals surface area (Å²) in [5, 5.41) is 11.1. The molecule has 1 aliphatic heterocycles. The van der Waals surface area contributed by atoms with E-state index >= 15 is 0 Å². The molecule has 1 aliphatic rings. The molecule has 2 N–H and O–H groups in total. The van der Waals surface area contributed by atoms with Crippen LogP contribution in [0.25, 0.3) is 10.8 Å². The summed E-state index contributed by atoms with van der Waals surface area (Å²) in [6.45, 7) is 2.61. The lowest BCUT2D eigenvalue weighted by molar-refractivity contribution is 0.160. The highest BCUT2D eigenvalue weighted by Crippen LogP contribution is 2.31. The fourth-order valence-electron chi connectivity index (χ4n) is 3.70. The minimum Gasteiger partial charge on any atom is -0.383 e. The van der Waals surface area contributed by atoms with Gasteiger partial charge < -0.3 is 15.0 Å². The second-order valence-electron chi connectivity index (χ2n) is 7.80. The Labute approximate surface area is 184 Å². The molecule has 2 aromatic carbocycles. The molecule has 0 saturated heterocycles. The maximum Gasteiger partial charge on any atom is 0.272 e. The molecular weight excluding hydrogens is 421 g/mol. The van der Waals surface area contributed by atoms with Gasteiger partial charge in [0.15, 0.2) is 0 Å². The third-order valence-electron chi connectivity index (χ3n) is 5.28. The second kappa shape index (κ2) is 11.1. The molecular formula is C23H27F3N4O2. The Kier molecular flexibility index (Phi) is 8.24. The number of hydrogen-bond donors (Lipinski definition) is 2. The zero-order valence-corrected chi connectivity index (χ0v) is 18.1. The molecule has 1 unspecified atom stereocenters. The molecule has 0 radical (unpaired) electrons. The molecule has 2 heterocycles. The fourth-order valence-corrected chi connectivity index (χ4v) is 3.70. The maximum absolute atomic E-state index is 13.8. The first kappa shape index (κ1) is 23.7. The Morgan fingerprint density at radius 2 is 1.88 bits per heavy atom. The van der Waals surface area contributed by atoms with Gasteiger partial charge in [-0.1, -0.05) is 6.07 Å². The Balaban J connectivity index is 0.000000305. The van der Waals surface area contributed by atoms with Crippen molar-refractivity contribution < 1.29 is 17.9 Å². The van der Waals surface area contributed by atoms with Crippen molar-refractivity contribution in [1.82, 2.24) is 15.1 Å². The zero-order valence-electron chi connectivity index (χ0n) is 18.1. The van der Waals surface area contributed by atoms with Crippen molar-refractivity contribution in [1.29, 1.82) is 0 Å². The number of nitrogens with one attached hydrogen (secondary N) is 2. The van der Waals surface area contributed by atoms with Crippen molar-refractivity contribution in [2.45, 2.75) is 25.3 Å². The fraction of sp³-hybridized carbons (Fsp3) is 0.391. The van der Waals surface area contributed by atoms with Crippen molar-refractivity contribution in [2.75, 3.05) is 39.2 Å². The number of H-pyrrole nitrogens is 1. The van der Waals surface area contributed by atoms with Gasteiger partial charge in [-0.2, -0.15) is 5.10 Å². The minimum atomic E-state index is -0.537. The summed E-state index contributed by atoms with van der Waals surface area (Å²) in [4.78, 5) is 14.1. The summed E-state index contributed by atoms with van der Waals surface area (Å²) in [5.41, 5.74) is 1.15. The van der Waals surface area contributed by atoms with E-state index in [4.69, 9.17) is 4.74 Å². The zero-order chi connectivity index (χ0) is 23.1. The van der Waals surface area contributed by atoms with E-state index in [1.807, 2.05) is 0 Å². The molecule has 0 amide bonds. The van der Waals surface area contributed by atoms with Gasteiger partial charge in [0.2, 0.25) is 0 Å². The van der Waals surface area contributed by atoms with E-state index in [0.29, 0.717) is 11.1 Å². The summed E-state index contributed by atoms with van der Waals surface area (Å²) >= 11 is 0. The van der Waals surface area contributed by atoms with Crippen LogP contribution in [0.15, 0.2) is 41.2 Å². The molecule has 9 heteroatoms. The topological polar surface area (TPSA) is 70.2 Å². The normalized spacial score (nSPS) is 14.8. The van der Waals surface area contributed by atoms with Crippen LogP contribution in [0, 0.1) is 17.5 Å². The van der Waals surface area contributed by atoms with Crippen LogP contribution in [-0.2, 0) is 11.2 Å². The molecule has 3 aromatic rings. The number of nitrogens with zero attached hydrogens (tertiary/aromatic N) is 2. The molecule has 0 fully saturated rings. The molecule has 172 valence electrons. The number of ether oxygens (including phenoxy) is 1. The van der Waals surface area contributed by atoms with E-state index in [9.17, 15) is 18.0 Å². The Morgan fingerprint density at radius 3 is 2.53 bits per heavy atom. The van der Waals surface area contributed by atoms with Crippen LogP contribution < -0.4 is 10.9 Å². The molecule has 1 atom stereocenters.